The van der Waals surface area contributed by atoms with Crippen molar-refractivity contribution in [3.8, 4) is 17.1 Å². The van der Waals surface area contributed by atoms with E-state index in [1.807, 2.05) is 66.7 Å². The third-order valence-electron chi connectivity index (χ3n) is 7.11. The minimum atomic E-state index is -0.724. The zero-order valence-corrected chi connectivity index (χ0v) is 20.2. The summed E-state index contributed by atoms with van der Waals surface area (Å²) >= 11 is 0. The lowest BCUT2D eigenvalue weighted by atomic mass is 9.88. The molecule has 3 aliphatic rings. The molecule has 1 heterocycles. The van der Waals surface area contributed by atoms with Crippen LogP contribution in [0.15, 0.2) is 102 Å². The lowest BCUT2D eigenvalue weighted by Crippen LogP contribution is -2.25. The van der Waals surface area contributed by atoms with Gasteiger partial charge in [0.05, 0.1) is 33.5 Å². The average Bonchev–Trinajstić information content (AvgIpc) is 2.93. The molecule has 6 rings (SSSR count). The van der Waals surface area contributed by atoms with Gasteiger partial charge in [0.25, 0.3) is 0 Å². The van der Waals surface area contributed by atoms with Gasteiger partial charge in [0.2, 0.25) is 0 Å². The number of hydrogen-bond donors (Lipinski definition) is 2. The van der Waals surface area contributed by atoms with Crippen molar-refractivity contribution in [2.45, 2.75) is 38.3 Å². The van der Waals surface area contributed by atoms with Gasteiger partial charge in [0.15, 0.2) is 0 Å². The van der Waals surface area contributed by atoms with Crippen molar-refractivity contribution in [2.24, 2.45) is 10.9 Å². The van der Waals surface area contributed by atoms with E-state index < -0.39 is 6.23 Å². The van der Waals surface area contributed by atoms with E-state index in [4.69, 9.17) is 9.98 Å². The van der Waals surface area contributed by atoms with Gasteiger partial charge in [-0.05, 0) is 61.4 Å². The first-order chi connectivity index (χ1) is 17.8. The number of aliphatic hydroxyl groups is 1. The highest BCUT2D eigenvalue weighted by atomic mass is 16.3. The summed E-state index contributed by atoms with van der Waals surface area (Å²) in [5.41, 5.74) is 6.63. The summed E-state index contributed by atoms with van der Waals surface area (Å²) in [4.78, 5) is 9.91. The van der Waals surface area contributed by atoms with Crippen LogP contribution in [0, 0.1) is 5.92 Å². The Morgan fingerprint density at radius 3 is 2.31 bits per heavy atom. The van der Waals surface area contributed by atoms with Gasteiger partial charge in [-0.25, -0.2) is 4.98 Å². The predicted octanol–water partition coefficient (Wildman–Crippen LogP) is 6.67. The van der Waals surface area contributed by atoms with Crippen LogP contribution in [0.1, 0.15) is 32.1 Å². The molecule has 0 radical (unpaired) electrons. The summed E-state index contributed by atoms with van der Waals surface area (Å²) in [7, 11) is 0. The topological polar surface area (TPSA) is 62.4 Å². The first-order valence-electron chi connectivity index (χ1n) is 12.8. The quantitative estimate of drug-likeness (QED) is 0.280. The van der Waals surface area contributed by atoms with Gasteiger partial charge in [-0.2, -0.15) is 0 Å². The fourth-order valence-corrected chi connectivity index (χ4v) is 5.26. The highest BCUT2D eigenvalue weighted by molar-refractivity contribution is 5.84. The maximum absolute atomic E-state index is 11.1. The molecule has 0 bridgehead atoms. The maximum atomic E-state index is 11.1. The van der Waals surface area contributed by atoms with Crippen molar-refractivity contribution in [2.75, 3.05) is 5.32 Å². The number of nitrogens with one attached hydrogen (secondary N) is 1. The van der Waals surface area contributed by atoms with Gasteiger partial charge in [-0.15, -0.1) is 0 Å². The summed E-state index contributed by atoms with van der Waals surface area (Å²) in [6.45, 7) is 0. The van der Waals surface area contributed by atoms with Crippen molar-refractivity contribution in [1.29, 1.82) is 0 Å². The Hall–Kier alpha value is -3.96. The molecular formula is C31H30N4O. The SMILES string of the molecule is OC(N=c1cc2n(-c3ccccc3)c3ccccc3nc-2cc1Nc1ccccc1)C1CCCCC1. The first kappa shape index (κ1) is 22.5. The number of para-hydroxylation sites is 4. The first-order valence-corrected chi connectivity index (χ1v) is 12.8. The van der Waals surface area contributed by atoms with Crippen molar-refractivity contribution in [3.63, 3.8) is 0 Å². The van der Waals surface area contributed by atoms with Crippen molar-refractivity contribution < 1.29 is 5.11 Å². The zero-order valence-electron chi connectivity index (χ0n) is 20.2. The summed E-state index contributed by atoms with van der Waals surface area (Å²) in [5, 5.41) is 15.4. The summed E-state index contributed by atoms with van der Waals surface area (Å²) in [6, 6.07) is 32.7. The smallest absolute Gasteiger partial charge is 0.148 e. The fourth-order valence-electron chi connectivity index (χ4n) is 5.26. The molecule has 180 valence electrons. The maximum Gasteiger partial charge on any atom is 0.148 e. The highest BCUT2D eigenvalue weighted by Crippen LogP contribution is 2.31. The number of hydrogen-bond acceptors (Lipinski definition) is 4. The van der Waals surface area contributed by atoms with Crippen LogP contribution in [0.4, 0.5) is 11.4 Å². The number of fused-ring (bicyclic) bond motifs is 2. The molecule has 1 atom stereocenters. The second-order valence-corrected chi connectivity index (χ2v) is 9.56. The molecule has 1 fully saturated rings. The van der Waals surface area contributed by atoms with Crippen LogP contribution in [-0.2, 0) is 0 Å². The van der Waals surface area contributed by atoms with Crippen LogP contribution in [0.2, 0.25) is 0 Å². The van der Waals surface area contributed by atoms with Gasteiger partial charge < -0.3 is 15.0 Å². The molecule has 5 heteroatoms. The van der Waals surface area contributed by atoms with Crippen LogP contribution in [0.25, 0.3) is 28.1 Å². The van der Waals surface area contributed by atoms with Gasteiger partial charge in [-0.3, -0.25) is 4.99 Å². The molecule has 2 N–H and O–H groups in total. The highest BCUT2D eigenvalue weighted by Gasteiger charge is 2.22. The Labute approximate surface area is 211 Å². The van der Waals surface area contributed by atoms with Crippen LogP contribution in [-0.4, -0.2) is 20.9 Å². The number of aliphatic hydroxyl groups excluding tert-OH is 1. The average molecular weight is 475 g/mol. The Balaban J connectivity index is 1.60. The van der Waals surface area contributed by atoms with E-state index in [9.17, 15) is 5.11 Å². The molecule has 0 aromatic heterocycles. The van der Waals surface area contributed by atoms with E-state index in [0.717, 1.165) is 70.5 Å². The van der Waals surface area contributed by atoms with Gasteiger partial charge >= 0.3 is 0 Å². The van der Waals surface area contributed by atoms with Gasteiger partial charge in [0.1, 0.15) is 6.23 Å². The van der Waals surface area contributed by atoms with E-state index >= 15 is 0 Å². The second kappa shape index (κ2) is 9.96. The molecule has 5 nitrogen and oxygen atoms in total. The Bertz CT molecular complexity index is 1500. The van der Waals surface area contributed by atoms with Crippen LogP contribution in [0.5, 0.6) is 0 Å². The molecule has 2 aliphatic carbocycles. The van der Waals surface area contributed by atoms with Crippen molar-refractivity contribution in [3.05, 3.63) is 102 Å². The molecule has 1 unspecified atom stereocenters. The third-order valence-corrected chi connectivity index (χ3v) is 7.11. The van der Waals surface area contributed by atoms with Gasteiger partial charge in [0, 0.05) is 17.3 Å². The van der Waals surface area contributed by atoms with Crippen molar-refractivity contribution >= 4 is 22.4 Å². The van der Waals surface area contributed by atoms with Crippen LogP contribution >= 0.6 is 0 Å². The van der Waals surface area contributed by atoms with E-state index in [2.05, 4.69) is 40.2 Å². The Kier molecular flexibility index (Phi) is 6.22. The van der Waals surface area contributed by atoms with Crippen molar-refractivity contribution in [1.82, 2.24) is 9.55 Å². The van der Waals surface area contributed by atoms with Gasteiger partial charge in [-0.1, -0.05) is 67.8 Å². The van der Waals surface area contributed by atoms with E-state index in [1.165, 1.54) is 6.42 Å². The number of anilines is 2. The standard InChI is InChI=1S/C31H30N4O/c36-31(22-12-4-1-5-13-22)34-27-21-30-28(20-26(27)32-23-14-6-2-7-15-23)33-25-18-10-11-19-29(25)35(30)24-16-8-3-9-17-24/h2-3,6-11,14-22,31-32,36H,1,4-5,12-13H2. The molecule has 0 amide bonds. The number of aromatic nitrogens is 2. The Morgan fingerprint density at radius 2 is 1.53 bits per heavy atom. The largest absolute Gasteiger partial charge is 0.371 e. The summed E-state index contributed by atoms with van der Waals surface area (Å²) in [5.74, 6) is 0.204. The lowest BCUT2D eigenvalue weighted by Gasteiger charge is -2.24. The zero-order chi connectivity index (χ0) is 24.3. The molecule has 36 heavy (non-hydrogen) atoms. The third kappa shape index (κ3) is 4.50. The molecule has 1 aliphatic heterocycles. The van der Waals surface area contributed by atoms with E-state index in [1.54, 1.807) is 0 Å². The number of benzene rings is 4. The predicted molar refractivity (Wildman–Crippen MR) is 146 cm³/mol. The molecule has 1 saturated carbocycles. The molecule has 0 saturated heterocycles. The lowest BCUT2D eigenvalue weighted by molar-refractivity contribution is 0.0894. The van der Waals surface area contributed by atoms with Crippen LogP contribution < -0.4 is 10.7 Å². The fraction of sp³-hybridized carbons (Fsp3) is 0.226. The number of nitrogens with zero attached hydrogens (tertiary/aromatic N) is 3. The molecule has 3 aromatic rings. The Morgan fingerprint density at radius 1 is 0.833 bits per heavy atom. The van der Waals surface area contributed by atoms with E-state index in [0.29, 0.717) is 0 Å². The molecule has 3 aromatic carbocycles. The minimum Gasteiger partial charge on any atom is -0.371 e. The number of rotatable bonds is 5. The van der Waals surface area contributed by atoms with E-state index in [-0.39, 0.29) is 5.92 Å². The summed E-state index contributed by atoms with van der Waals surface area (Å²) < 4.78 is 2.23. The normalized spacial score (nSPS) is 15.9. The summed E-state index contributed by atoms with van der Waals surface area (Å²) in [6.07, 6.45) is 4.89. The molecular weight excluding hydrogens is 444 g/mol. The molecule has 0 spiro atoms. The second-order valence-electron chi connectivity index (χ2n) is 9.56. The van der Waals surface area contributed by atoms with Crippen LogP contribution in [0.3, 0.4) is 0 Å². The minimum absolute atomic E-state index is 0.204. The monoisotopic (exact) mass is 474 g/mol.